The molecule has 0 unspecified atom stereocenters. The zero-order valence-electron chi connectivity index (χ0n) is 17.9. The third-order valence-electron chi connectivity index (χ3n) is 4.98. The quantitative estimate of drug-likeness (QED) is 0.336. The first kappa shape index (κ1) is 23.5. The number of methoxy groups -OCH3 is 1. The van der Waals surface area contributed by atoms with E-state index in [1.807, 2.05) is 30.3 Å². The predicted octanol–water partition coefficient (Wildman–Crippen LogP) is 5.36. The Balaban J connectivity index is 1.64. The molecule has 0 spiro atoms. The molecule has 1 heterocycles. The van der Waals surface area contributed by atoms with Crippen LogP contribution in [0.1, 0.15) is 11.1 Å². The van der Waals surface area contributed by atoms with E-state index in [9.17, 15) is 14.4 Å². The van der Waals surface area contributed by atoms with E-state index in [0.717, 1.165) is 10.5 Å². The molecule has 4 amide bonds. The molecule has 0 bridgehead atoms. The Hall–Kier alpha value is -3.62. The molecule has 1 aliphatic heterocycles. The van der Waals surface area contributed by atoms with Crippen LogP contribution in [-0.2, 0) is 16.2 Å². The zero-order valence-corrected chi connectivity index (χ0v) is 20.2. The van der Waals surface area contributed by atoms with Gasteiger partial charge in [-0.15, -0.1) is 0 Å². The molecule has 1 saturated heterocycles. The van der Waals surface area contributed by atoms with Crippen molar-refractivity contribution >= 4 is 57.1 Å². The Bertz CT molecular complexity index is 1290. The maximum Gasteiger partial charge on any atom is 0.335 e. The molecule has 3 aromatic rings. The van der Waals surface area contributed by atoms with Gasteiger partial charge in [0, 0.05) is 5.02 Å². The number of anilines is 1. The Morgan fingerprint density at radius 1 is 1.03 bits per heavy atom. The number of barbiturate groups is 1. The fourth-order valence-corrected chi connectivity index (χ4v) is 4.04. The molecule has 1 aliphatic rings. The van der Waals surface area contributed by atoms with Crippen molar-refractivity contribution < 1.29 is 23.9 Å². The normalized spacial score (nSPS) is 14.9. The molecule has 9 heteroatoms. The number of imide groups is 2. The average molecular weight is 542 g/mol. The molecule has 0 radical (unpaired) electrons. The number of halogens is 2. The highest BCUT2D eigenvalue weighted by atomic mass is 79.9. The molecule has 172 valence electrons. The lowest BCUT2D eigenvalue weighted by Gasteiger charge is -2.26. The minimum atomic E-state index is -0.835. The molecule has 1 fully saturated rings. The van der Waals surface area contributed by atoms with E-state index in [1.165, 1.54) is 25.3 Å². The van der Waals surface area contributed by atoms with Crippen LogP contribution in [0.2, 0.25) is 5.02 Å². The number of benzene rings is 3. The molecule has 4 rings (SSSR count). The van der Waals surface area contributed by atoms with E-state index in [2.05, 4.69) is 21.2 Å². The maximum absolute atomic E-state index is 13.1. The summed E-state index contributed by atoms with van der Waals surface area (Å²) in [7, 11) is 1.49. The molecule has 0 saturated carbocycles. The second-order valence-electron chi connectivity index (χ2n) is 7.24. The second kappa shape index (κ2) is 10.1. The number of carbonyl (C=O) groups is 3. The van der Waals surface area contributed by atoms with Crippen molar-refractivity contribution in [2.24, 2.45) is 0 Å². The third-order valence-corrected chi connectivity index (χ3v) is 5.82. The lowest BCUT2D eigenvalue weighted by molar-refractivity contribution is -0.122. The van der Waals surface area contributed by atoms with Gasteiger partial charge in [0.25, 0.3) is 11.8 Å². The van der Waals surface area contributed by atoms with Crippen LogP contribution in [0.25, 0.3) is 6.08 Å². The van der Waals surface area contributed by atoms with Gasteiger partial charge in [0.15, 0.2) is 11.5 Å². The molecule has 1 N–H and O–H groups in total. The maximum atomic E-state index is 13.1. The zero-order chi connectivity index (χ0) is 24.2. The standard InChI is InChI=1S/C25H18BrClN2O5/c1-33-21-13-16(12-20(26)22(21)34-14-15-5-3-2-4-6-15)11-19-23(30)28-25(32)29(24(19)31)18-9-7-17(27)8-10-18/h2-13H,14H2,1H3,(H,28,30,32). The van der Waals surface area contributed by atoms with E-state index in [-0.39, 0.29) is 11.3 Å². The minimum Gasteiger partial charge on any atom is -0.493 e. The van der Waals surface area contributed by atoms with Gasteiger partial charge in [-0.25, -0.2) is 9.69 Å². The van der Waals surface area contributed by atoms with Crippen molar-refractivity contribution in [1.82, 2.24) is 5.32 Å². The van der Waals surface area contributed by atoms with Crippen LogP contribution in [0, 0.1) is 0 Å². The second-order valence-corrected chi connectivity index (χ2v) is 8.53. The molecule has 7 nitrogen and oxygen atoms in total. The van der Waals surface area contributed by atoms with Crippen LogP contribution in [0.5, 0.6) is 11.5 Å². The first-order valence-corrected chi connectivity index (χ1v) is 11.3. The number of hydrogen-bond acceptors (Lipinski definition) is 5. The number of rotatable bonds is 6. The number of hydrogen-bond donors (Lipinski definition) is 1. The van der Waals surface area contributed by atoms with E-state index >= 15 is 0 Å². The van der Waals surface area contributed by atoms with Gasteiger partial charge < -0.3 is 9.47 Å². The Morgan fingerprint density at radius 2 is 1.74 bits per heavy atom. The number of carbonyl (C=O) groups excluding carboxylic acids is 3. The van der Waals surface area contributed by atoms with Gasteiger partial charge in [0.2, 0.25) is 0 Å². The summed E-state index contributed by atoms with van der Waals surface area (Å²) in [5, 5.41) is 2.65. The number of urea groups is 1. The summed E-state index contributed by atoms with van der Waals surface area (Å²) in [5.41, 5.74) is 1.56. The highest BCUT2D eigenvalue weighted by Crippen LogP contribution is 2.38. The van der Waals surface area contributed by atoms with Gasteiger partial charge in [-0.05, 0) is 69.5 Å². The SMILES string of the molecule is COc1cc(C=C2C(=O)NC(=O)N(c3ccc(Cl)cc3)C2=O)cc(Br)c1OCc1ccccc1. The van der Waals surface area contributed by atoms with E-state index in [0.29, 0.717) is 33.2 Å². The van der Waals surface area contributed by atoms with Crippen LogP contribution < -0.4 is 19.7 Å². The molecule has 0 aliphatic carbocycles. The summed E-state index contributed by atoms with van der Waals surface area (Å²) < 4.78 is 12.0. The fraction of sp³-hybridized carbons (Fsp3) is 0.0800. The van der Waals surface area contributed by atoms with Crippen molar-refractivity contribution in [1.29, 1.82) is 0 Å². The van der Waals surface area contributed by atoms with E-state index in [4.69, 9.17) is 21.1 Å². The number of nitrogens with one attached hydrogen (secondary N) is 1. The lowest BCUT2D eigenvalue weighted by atomic mass is 10.1. The molecule has 34 heavy (non-hydrogen) atoms. The van der Waals surface area contributed by atoms with Crippen molar-refractivity contribution in [3.63, 3.8) is 0 Å². The molecular weight excluding hydrogens is 524 g/mol. The highest BCUT2D eigenvalue weighted by Gasteiger charge is 2.36. The van der Waals surface area contributed by atoms with Gasteiger partial charge in [-0.1, -0.05) is 41.9 Å². The number of nitrogens with zero attached hydrogens (tertiary/aromatic N) is 1. The van der Waals surface area contributed by atoms with Crippen molar-refractivity contribution in [3.8, 4) is 11.5 Å². The first-order valence-electron chi connectivity index (χ1n) is 10.1. The van der Waals surface area contributed by atoms with Crippen LogP contribution in [0.15, 0.2) is 76.8 Å². The molecule has 3 aromatic carbocycles. The molecule has 0 aromatic heterocycles. The van der Waals surface area contributed by atoms with Crippen LogP contribution in [0.3, 0.4) is 0 Å². The van der Waals surface area contributed by atoms with Crippen LogP contribution in [-0.4, -0.2) is 25.0 Å². The largest absolute Gasteiger partial charge is 0.493 e. The van der Waals surface area contributed by atoms with Crippen molar-refractivity contribution in [3.05, 3.63) is 92.9 Å². The molecular formula is C25H18BrClN2O5. The summed E-state index contributed by atoms with van der Waals surface area (Å²) in [6.45, 7) is 0.329. The monoisotopic (exact) mass is 540 g/mol. The average Bonchev–Trinajstić information content (AvgIpc) is 2.82. The summed E-state index contributed by atoms with van der Waals surface area (Å²) in [6, 6.07) is 18.3. The van der Waals surface area contributed by atoms with Crippen molar-refractivity contribution in [2.75, 3.05) is 12.0 Å². The third kappa shape index (κ3) is 4.98. The lowest BCUT2D eigenvalue weighted by Crippen LogP contribution is -2.54. The Morgan fingerprint density at radius 3 is 2.41 bits per heavy atom. The fourth-order valence-electron chi connectivity index (χ4n) is 3.34. The number of amides is 4. The Labute approximate surface area is 209 Å². The number of ether oxygens (including phenoxy) is 2. The van der Waals surface area contributed by atoms with Gasteiger partial charge in [0.1, 0.15) is 12.2 Å². The summed E-state index contributed by atoms with van der Waals surface area (Å²) in [6.07, 6.45) is 1.39. The first-order chi connectivity index (χ1) is 16.4. The van der Waals surface area contributed by atoms with Crippen molar-refractivity contribution in [2.45, 2.75) is 6.61 Å². The van der Waals surface area contributed by atoms with Gasteiger partial charge >= 0.3 is 6.03 Å². The Kier molecular flexibility index (Phi) is 7.00. The summed E-state index contributed by atoms with van der Waals surface area (Å²) in [5.74, 6) is -0.660. The van der Waals surface area contributed by atoms with E-state index in [1.54, 1.807) is 24.3 Å². The minimum absolute atomic E-state index is 0.207. The topological polar surface area (TPSA) is 84.9 Å². The predicted molar refractivity (Wildman–Crippen MR) is 132 cm³/mol. The van der Waals surface area contributed by atoms with Gasteiger partial charge in [-0.2, -0.15) is 0 Å². The molecule has 0 atom stereocenters. The smallest absolute Gasteiger partial charge is 0.335 e. The summed E-state index contributed by atoms with van der Waals surface area (Å²) >= 11 is 9.38. The summed E-state index contributed by atoms with van der Waals surface area (Å²) in [4.78, 5) is 38.8. The van der Waals surface area contributed by atoms with Gasteiger partial charge in [-0.3, -0.25) is 14.9 Å². The van der Waals surface area contributed by atoms with Gasteiger partial charge in [0.05, 0.1) is 17.3 Å². The van der Waals surface area contributed by atoms with Crippen LogP contribution in [0.4, 0.5) is 10.5 Å². The highest BCUT2D eigenvalue weighted by molar-refractivity contribution is 9.10. The van der Waals surface area contributed by atoms with Crippen LogP contribution >= 0.6 is 27.5 Å². The van der Waals surface area contributed by atoms with E-state index < -0.39 is 17.8 Å².